The van der Waals surface area contributed by atoms with E-state index < -0.39 is 5.82 Å². The number of aromatic nitrogens is 4. The third-order valence-corrected chi connectivity index (χ3v) is 3.36. The number of nitrogens with one attached hydrogen (secondary N) is 1. The number of hydrogen-bond acceptors (Lipinski definition) is 5. The van der Waals surface area contributed by atoms with Gasteiger partial charge in [-0.1, -0.05) is 12.1 Å². The van der Waals surface area contributed by atoms with E-state index in [0.29, 0.717) is 11.4 Å². The summed E-state index contributed by atoms with van der Waals surface area (Å²) in [6.45, 7) is 0. The fourth-order valence-corrected chi connectivity index (χ4v) is 2.15. The Kier molecular flexibility index (Phi) is 4.46. The van der Waals surface area contributed by atoms with E-state index in [4.69, 9.17) is 4.74 Å². The molecule has 0 atom stereocenters. The van der Waals surface area contributed by atoms with Crippen molar-refractivity contribution in [2.75, 3.05) is 12.4 Å². The second-order valence-corrected chi connectivity index (χ2v) is 4.99. The van der Waals surface area contributed by atoms with Crippen molar-refractivity contribution in [3.05, 3.63) is 60.2 Å². The second-order valence-electron chi connectivity index (χ2n) is 4.99. The number of hydrogen-bond donors (Lipinski definition) is 1. The van der Waals surface area contributed by atoms with Crippen molar-refractivity contribution >= 4 is 11.6 Å². The van der Waals surface area contributed by atoms with E-state index in [0.717, 1.165) is 5.56 Å². The van der Waals surface area contributed by atoms with Crippen LogP contribution in [0, 0.1) is 5.82 Å². The molecule has 122 valence electrons. The highest BCUT2D eigenvalue weighted by molar-refractivity contribution is 5.92. The first-order valence-corrected chi connectivity index (χ1v) is 7.11. The lowest BCUT2D eigenvalue weighted by Gasteiger charge is -2.09. The van der Waals surface area contributed by atoms with Gasteiger partial charge in [0.05, 0.1) is 24.9 Å². The van der Waals surface area contributed by atoms with Crippen LogP contribution in [0.3, 0.4) is 0 Å². The maximum Gasteiger partial charge on any atom is 0.228 e. The molecule has 0 radical (unpaired) electrons. The lowest BCUT2D eigenvalue weighted by atomic mass is 10.1. The standard InChI is InChI=1S/C16H14FN5O2/c1-24-13-5-2-11(3-6-13)8-16(23)19-15-9-12(4-7-14(15)17)22-10-18-20-21-22/h2-7,9-10H,8H2,1H3,(H,19,23). The number of rotatable bonds is 5. The van der Waals surface area contributed by atoms with Crippen molar-refractivity contribution < 1.29 is 13.9 Å². The van der Waals surface area contributed by atoms with Crippen LogP contribution in [0.4, 0.5) is 10.1 Å². The van der Waals surface area contributed by atoms with Crippen LogP contribution in [0.1, 0.15) is 5.56 Å². The molecule has 0 unspecified atom stereocenters. The highest BCUT2D eigenvalue weighted by atomic mass is 19.1. The largest absolute Gasteiger partial charge is 0.497 e. The molecular weight excluding hydrogens is 313 g/mol. The number of benzene rings is 2. The van der Waals surface area contributed by atoms with Gasteiger partial charge in [-0.25, -0.2) is 9.07 Å². The average molecular weight is 327 g/mol. The molecule has 0 bridgehead atoms. The number of methoxy groups -OCH3 is 1. The van der Waals surface area contributed by atoms with Gasteiger partial charge in [0.25, 0.3) is 0 Å². The molecule has 3 aromatic rings. The molecule has 3 rings (SSSR count). The molecule has 0 saturated carbocycles. The van der Waals surface area contributed by atoms with Crippen LogP contribution < -0.4 is 10.1 Å². The van der Waals surface area contributed by atoms with Crippen LogP contribution in [-0.2, 0) is 11.2 Å². The van der Waals surface area contributed by atoms with Gasteiger partial charge in [-0.05, 0) is 46.3 Å². The number of carbonyl (C=O) groups is 1. The first-order chi connectivity index (χ1) is 11.7. The number of ether oxygens (including phenoxy) is 1. The fourth-order valence-electron chi connectivity index (χ4n) is 2.15. The lowest BCUT2D eigenvalue weighted by molar-refractivity contribution is -0.115. The van der Waals surface area contributed by atoms with Crippen LogP contribution >= 0.6 is 0 Å². The topological polar surface area (TPSA) is 81.9 Å². The zero-order valence-electron chi connectivity index (χ0n) is 12.8. The van der Waals surface area contributed by atoms with Gasteiger partial charge in [-0.3, -0.25) is 4.79 Å². The SMILES string of the molecule is COc1ccc(CC(=O)Nc2cc(-n3cnnn3)ccc2F)cc1. The minimum absolute atomic E-state index is 0.0708. The second kappa shape index (κ2) is 6.86. The molecule has 7 nitrogen and oxygen atoms in total. The molecule has 24 heavy (non-hydrogen) atoms. The van der Waals surface area contributed by atoms with E-state index in [-0.39, 0.29) is 18.0 Å². The first-order valence-electron chi connectivity index (χ1n) is 7.11. The van der Waals surface area contributed by atoms with Gasteiger partial charge in [-0.2, -0.15) is 0 Å². The van der Waals surface area contributed by atoms with E-state index in [2.05, 4.69) is 20.8 Å². The molecular formula is C16H14FN5O2. The Morgan fingerprint density at radius 3 is 2.71 bits per heavy atom. The van der Waals surface area contributed by atoms with Gasteiger partial charge < -0.3 is 10.1 Å². The van der Waals surface area contributed by atoms with Gasteiger partial charge in [0.1, 0.15) is 17.9 Å². The number of anilines is 1. The summed E-state index contributed by atoms with van der Waals surface area (Å²) in [4.78, 5) is 12.1. The molecule has 1 N–H and O–H groups in total. The molecule has 0 aliphatic rings. The summed E-state index contributed by atoms with van der Waals surface area (Å²) in [7, 11) is 1.57. The quantitative estimate of drug-likeness (QED) is 0.775. The highest BCUT2D eigenvalue weighted by Gasteiger charge is 2.10. The van der Waals surface area contributed by atoms with Crippen molar-refractivity contribution in [1.29, 1.82) is 0 Å². The number of nitrogens with zero attached hydrogens (tertiary/aromatic N) is 4. The Bertz CT molecular complexity index is 834. The van der Waals surface area contributed by atoms with Gasteiger partial charge >= 0.3 is 0 Å². The van der Waals surface area contributed by atoms with Gasteiger partial charge in [0.15, 0.2) is 0 Å². The molecule has 0 spiro atoms. The molecule has 0 aliphatic heterocycles. The van der Waals surface area contributed by atoms with Crippen LogP contribution in [0.15, 0.2) is 48.8 Å². The van der Waals surface area contributed by atoms with Crippen LogP contribution in [0.25, 0.3) is 5.69 Å². The fraction of sp³-hybridized carbons (Fsp3) is 0.125. The molecule has 2 aromatic carbocycles. The van der Waals surface area contributed by atoms with E-state index in [1.165, 1.54) is 29.2 Å². The van der Waals surface area contributed by atoms with Crippen molar-refractivity contribution in [3.8, 4) is 11.4 Å². The van der Waals surface area contributed by atoms with Gasteiger partial charge in [-0.15, -0.1) is 5.10 Å². The lowest BCUT2D eigenvalue weighted by Crippen LogP contribution is -2.15. The summed E-state index contributed by atoms with van der Waals surface area (Å²) in [5, 5.41) is 13.3. The zero-order chi connectivity index (χ0) is 16.9. The van der Waals surface area contributed by atoms with E-state index >= 15 is 0 Å². The normalized spacial score (nSPS) is 10.4. The van der Waals surface area contributed by atoms with E-state index in [1.807, 2.05) is 0 Å². The third kappa shape index (κ3) is 3.54. The monoisotopic (exact) mass is 327 g/mol. The summed E-state index contributed by atoms with van der Waals surface area (Å²) in [6, 6.07) is 11.3. The Morgan fingerprint density at radius 2 is 2.04 bits per heavy atom. The van der Waals surface area contributed by atoms with E-state index in [9.17, 15) is 9.18 Å². The predicted octanol–water partition coefficient (Wildman–Crippen LogP) is 1.99. The minimum Gasteiger partial charge on any atom is -0.497 e. The summed E-state index contributed by atoms with van der Waals surface area (Å²) in [5.74, 6) is -0.151. The molecule has 0 saturated heterocycles. The van der Waals surface area contributed by atoms with Gasteiger partial charge in [0, 0.05) is 0 Å². The highest BCUT2D eigenvalue weighted by Crippen LogP contribution is 2.19. The molecule has 8 heteroatoms. The number of amides is 1. The maximum atomic E-state index is 13.9. The molecule has 0 aliphatic carbocycles. The van der Waals surface area contributed by atoms with Crippen LogP contribution in [-0.4, -0.2) is 33.2 Å². The smallest absolute Gasteiger partial charge is 0.228 e. The summed E-state index contributed by atoms with van der Waals surface area (Å²) in [6.07, 6.45) is 1.51. The molecule has 0 fully saturated rings. The van der Waals surface area contributed by atoms with Crippen molar-refractivity contribution in [2.24, 2.45) is 0 Å². The predicted molar refractivity (Wildman–Crippen MR) is 84.4 cm³/mol. The summed E-state index contributed by atoms with van der Waals surface area (Å²) >= 11 is 0. The number of tetrazole rings is 1. The van der Waals surface area contributed by atoms with E-state index in [1.54, 1.807) is 31.4 Å². The Hall–Kier alpha value is -3.29. The maximum absolute atomic E-state index is 13.9. The Balaban J connectivity index is 1.72. The summed E-state index contributed by atoms with van der Waals surface area (Å²) < 4.78 is 20.4. The first kappa shape index (κ1) is 15.6. The molecule has 1 heterocycles. The van der Waals surface area contributed by atoms with Crippen LogP contribution in [0.5, 0.6) is 5.75 Å². The number of halogens is 1. The molecule has 1 aromatic heterocycles. The van der Waals surface area contributed by atoms with Gasteiger partial charge in [0.2, 0.25) is 5.91 Å². The minimum atomic E-state index is -0.532. The zero-order valence-corrected chi connectivity index (χ0v) is 12.8. The van der Waals surface area contributed by atoms with Crippen molar-refractivity contribution in [1.82, 2.24) is 20.2 Å². The van der Waals surface area contributed by atoms with Crippen LogP contribution in [0.2, 0.25) is 0 Å². The number of carbonyl (C=O) groups excluding carboxylic acids is 1. The average Bonchev–Trinajstić information content (AvgIpc) is 3.12. The van der Waals surface area contributed by atoms with Crippen molar-refractivity contribution in [2.45, 2.75) is 6.42 Å². The Labute approximate surface area is 137 Å². The third-order valence-electron chi connectivity index (χ3n) is 3.36. The molecule has 1 amide bonds. The summed E-state index contributed by atoms with van der Waals surface area (Å²) in [5.41, 5.74) is 1.41. The Morgan fingerprint density at radius 1 is 1.25 bits per heavy atom. The van der Waals surface area contributed by atoms with Crippen molar-refractivity contribution in [3.63, 3.8) is 0 Å².